The SMILES string of the molecule is COc1ccccc1C(CNC(=O)c1ccccc1-c1ccccc1C#N)N1CCCCC1. The summed E-state index contributed by atoms with van der Waals surface area (Å²) >= 11 is 0. The summed E-state index contributed by atoms with van der Waals surface area (Å²) in [6.07, 6.45) is 3.56. The molecule has 0 saturated carbocycles. The first-order chi connectivity index (χ1) is 16.2. The van der Waals surface area contributed by atoms with Crippen molar-refractivity contribution in [3.8, 4) is 22.9 Å². The van der Waals surface area contributed by atoms with Gasteiger partial charge in [0.2, 0.25) is 0 Å². The first-order valence-electron chi connectivity index (χ1n) is 11.5. The average molecular weight is 440 g/mol. The molecule has 1 aliphatic heterocycles. The Bertz CT molecular complexity index is 1150. The van der Waals surface area contributed by atoms with E-state index in [2.05, 4.69) is 22.4 Å². The number of nitrogens with one attached hydrogen (secondary N) is 1. The Morgan fingerprint density at radius 1 is 0.970 bits per heavy atom. The van der Waals surface area contributed by atoms with Gasteiger partial charge in [-0.25, -0.2) is 0 Å². The zero-order chi connectivity index (χ0) is 23.0. The number of carbonyl (C=O) groups is 1. The molecular weight excluding hydrogens is 410 g/mol. The summed E-state index contributed by atoms with van der Waals surface area (Å²) in [5.74, 6) is 0.695. The van der Waals surface area contributed by atoms with Crippen LogP contribution in [-0.2, 0) is 0 Å². The van der Waals surface area contributed by atoms with Gasteiger partial charge in [0.05, 0.1) is 24.8 Å². The second kappa shape index (κ2) is 10.8. The van der Waals surface area contributed by atoms with Crippen molar-refractivity contribution < 1.29 is 9.53 Å². The lowest BCUT2D eigenvalue weighted by molar-refractivity contribution is 0.0924. The topological polar surface area (TPSA) is 65.4 Å². The molecule has 1 heterocycles. The third kappa shape index (κ3) is 5.08. The number of likely N-dealkylation sites (tertiary alicyclic amines) is 1. The van der Waals surface area contributed by atoms with Crippen LogP contribution in [-0.4, -0.2) is 37.6 Å². The van der Waals surface area contributed by atoms with E-state index in [1.165, 1.54) is 6.42 Å². The van der Waals surface area contributed by atoms with E-state index in [1.807, 2.05) is 60.7 Å². The van der Waals surface area contributed by atoms with Gasteiger partial charge in [-0.05, 0) is 49.7 Å². The summed E-state index contributed by atoms with van der Waals surface area (Å²) in [4.78, 5) is 15.8. The van der Waals surface area contributed by atoms with Crippen molar-refractivity contribution in [2.45, 2.75) is 25.3 Å². The highest BCUT2D eigenvalue weighted by Gasteiger charge is 2.26. The minimum atomic E-state index is -0.143. The smallest absolute Gasteiger partial charge is 0.251 e. The van der Waals surface area contributed by atoms with Crippen LogP contribution in [0.25, 0.3) is 11.1 Å². The molecule has 1 fully saturated rings. The number of nitriles is 1. The summed E-state index contributed by atoms with van der Waals surface area (Å²) < 4.78 is 5.64. The van der Waals surface area contributed by atoms with Gasteiger partial charge in [0.25, 0.3) is 5.91 Å². The molecule has 3 aromatic carbocycles. The first kappa shape index (κ1) is 22.6. The Balaban J connectivity index is 1.61. The number of nitrogens with zero attached hydrogens (tertiary/aromatic N) is 2. The van der Waals surface area contributed by atoms with E-state index in [4.69, 9.17) is 4.74 Å². The predicted molar refractivity (Wildman–Crippen MR) is 130 cm³/mol. The molecule has 168 valence electrons. The average Bonchev–Trinajstić information content (AvgIpc) is 2.89. The van der Waals surface area contributed by atoms with E-state index >= 15 is 0 Å². The van der Waals surface area contributed by atoms with Crippen LogP contribution < -0.4 is 10.1 Å². The van der Waals surface area contributed by atoms with Gasteiger partial charge < -0.3 is 10.1 Å². The van der Waals surface area contributed by atoms with Gasteiger partial charge in [0.1, 0.15) is 5.75 Å². The molecule has 1 unspecified atom stereocenters. The van der Waals surface area contributed by atoms with Gasteiger partial charge in [0.15, 0.2) is 0 Å². The Labute approximate surface area is 195 Å². The lowest BCUT2D eigenvalue weighted by atomic mass is 9.95. The Morgan fingerprint density at radius 3 is 2.39 bits per heavy atom. The molecule has 1 amide bonds. The zero-order valence-corrected chi connectivity index (χ0v) is 19.0. The Morgan fingerprint density at radius 2 is 1.64 bits per heavy atom. The second-order valence-corrected chi connectivity index (χ2v) is 8.27. The van der Waals surface area contributed by atoms with Crippen LogP contribution in [0.2, 0.25) is 0 Å². The normalized spacial score (nSPS) is 14.8. The third-order valence-electron chi connectivity index (χ3n) is 6.29. The summed E-state index contributed by atoms with van der Waals surface area (Å²) in [6.45, 7) is 2.49. The fourth-order valence-corrected chi connectivity index (χ4v) is 4.62. The fourth-order valence-electron chi connectivity index (χ4n) is 4.62. The van der Waals surface area contributed by atoms with Crippen LogP contribution in [0, 0.1) is 11.3 Å². The highest BCUT2D eigenvalue weighted by Crippen LogP contribution is 2.31. The molecule has 1 N–H and O–H groups in total. The molecule has 0 spiro atoms. The van der Waals surface area contributed by atoms with Crippen LogP contribution in [0.5, 0.6) is 5.75 Å². The van der Waals surface area contributed by atoms with Gasteiger partial charge in [-0.3, -0.25) is 9.69 Å². The van der Waals surface area contributed by atoms with Gasteiger partial charge in [0, 0.05) is 23.2 Å². The monoisotopic (exact) mass is 439 g/mol. The van der Waals surface area contributed by atoms with Crippen molar-refractivity contribution >= 4 is 5.91 Å². The molecule has 0 aromatic heterocycles. The highest BCUT2D eigenvalue weighted by atomic mass is 16.5. The third-order valence-corrected chi connectivity index (χ3v) is 6.29. The molecule has 0 aliphatic carbocycles. The largest absolute Gasteiger partial charge is 0.496 e. The lowest BCUT2D eigenvalue weighted by Gasteiger charge is -2.35. The maximum absolute atomic E-state index is 13.4. The summed E-state index contributed by atoms with van der Waals surface area (Å²) in [6, 6.07) is 25.2. The number of hydrogen-bond donors (Lipinski definition) is 1. The number of carbonyl (C=O) groups excluding carboxylic acids is 1. The summed E-state index contributed by atoms with van der Waals surface area (Å²) in [7, 11) is 1.69. The van der Waals surface area contributed by atoms with E-state index in [0.29, 0.717) is 17.7 Å². The predicted octanol–water partition coefficient (Wildman–Crippen LogP) is 5.19. The van der Waals surface area contributed by atoms with Crippen LogP contribution in [0.1, 0.15) is 46.8 Å². The van der Waals surface area contributed by atoms with Crippen molar-refractivity contribution in [2.75, 3.05) is 26.7 Å². The van der Waals surface area contributed by atoms with E-state index < -0.39 is 0 Å². The highest BCUT2D eigenvalue weighted by molar-refractivity contribution is 6.01. The summed E-state index contributed by atoms with van der Waals surface area (Å²) in [5.41, 5.74) is 3.74. The van der Waals surface area contributed by atoms with Gasteiger partial charge in [-0.15, -0.1) is 0 Å². The number of benzene rings is 3. The maximum Gasteiger partial charge on any atom is 0.251 e. The Hall–Kier alpha value is -3.62. The number of piperidine rings is 1. The second-order valence-electron chi connectivity index (χ2n) is 8.27. The van der Waals surface area contributed by atoms with Crippen LogP contribution in [0.4, 0.5) is 0 Å². The number of ether oxygens (including phenoxy) is 1. The van der Waals surface area contributed by atoms with E-state index in [0.717, 1.165) is 48.4 Å². The van der Waals surface area contributed by atoms with Crippen molar-refractivity contribution in [3.05, 3.63) is 89.5 Å². The van der Waals surface area contributed by atoms with Gasteiger partial charge in [-0.1, -0.05) is 61.0 Å². The molecule has 33 heavy (non-hydrogen) atoms. The number of para-hydroxylation sites is 1. The standard InChI is InChI=1S/C28H29N3O2/c1-33-27-16-8-7-15-25(27)26(31-17-9-2-10-18-31)20-30-28(32)24-14-6-5-13-23(24)22-12-4-3-11-21(22)19-29/h3-8,11-16,26H,2,9-10,17-18,20H2,1H3,(H,30,32). The van der Waals surface area contributed by atoms with Crippen molar-refractivity contribution in [1.29, 1.82) is 5.26 Å². The van der Waals surface area contributed by atoms with Crippen LogP contribution in [0.15, 0.2) is 72.8 Å². The van der Waals surface area contributed by atoms with Crippen molar-refractivity contribution in [2.24, 2.45) is 0 Å². The maximum atomic E-state index is 13.4. The van der Waals surface area contributed by atoms with Crippen molar-refractivity contribution in [3.63, 3.8) is 0 Å². The van der Waals surface area contributed by atoms with Crippen LogP contribution >= 0.6 is 0 Å². The molecular formula is C28H29N3O2. The molecule has 0 radical (unpaired) electrons. The first-order valence-corrected chi connectivity index (χ1v) is 11.5. The van der Waals surface area contributed by atoms with E-state index in [1.54, 1.807) is 13.2 Å². The van der Waals surface area contributed by atoms with Gasteiger partial charge in [-0.2, -0.15) is 5.26 Å². The lowest BCUT2D eigenvalue weighted by Crippen LogP contribution is -2.40. The number of amides is 1. The fraction of sp³-hybridized carbons (Fsp3) is 0.286. The number of methoxy groups -OCH3 is 1. The molecule has 5 nitrogen and oxygen atoms in total. The molecule has 1 saturated heterocycles. The molecule has 1 aliphatic rings. The summed E-state index contributed by atoms with van der Waals surface area (Å²) in [5, 5.41) is 12.7. The van der Waals surface area contributed by atoms with E-state index in [-0.39, 0.29) is 11.9 Å². The van der Waals surface area contributed by atoms with Gasteiger partial charge >= 0.3 is 0 Å². The zero-order valence-electron chi connectivity index (χ0n) is 19.0. The Kier molecular flexibility index (Phi) is 7.39. The number of hydrogen-bond acceptors (Lipinski definition) is 4. The van der Waals surface area contributed by atoms with E-state index in [9.17, 15) is 10.1 Å². The number of rotatable bonds is 7. The quantitative estimate of drug-likeness (QED) is 0.550. The van der Waals surface area contributed by atoms with Crippen LogP contribution in [0.3, 0.4) is 0 Å². The molecule has 0 bridgehead atoms. The minimum absolute atomic E-state index is 0.0314. The molecule has 1 atom stereocenters. The minimum Gasteiger partial charge on any atom is -0.496 e. The molecule has 4 rings (SSSR count). The molecule has 3 aromatic rings. The molecule has 5 heteroatoms. The van der Waals surface area contributed by atoms with Crippen molar-refractivity contribution in [1.82, 2.24) is 10.2 Å².